The van der Waals surface area contributed by atoms with Crippen molar-refractivity contribution in [3.8, 4) is 17.1 Å². The highest BCUT2D eigenvalue weighted by atomic mass is 32.2. The first-order chi connectivity index (χ1) is 14.6. The molecule has 10 heteroatoms. The van der Waals surface area contributed by atoms with E-state index in [9.17, 15) is 13.6 Å². The lowest BCUT2D eigenvalue weighted by Gasteiger charge is -2.39. The minimum Gasteiger partial charge on any atom is -0.435 e. The number of nitrogen functional groups attached to an aromatic ring is 1. The number of amides is 1. The van der Waals surface area contributed by atoms with E-state index >= 15 is 0 Å². The Balaban J connectivity index is 1.36. The fraction of sp³-hybridized carbons (Fsp3) is 0.571. The minimum atomic E-state index is -2.88. The first kappa shape index (κ1) is 21.9. The van der Waals surface area contributed by atoms with Crippen LogP contribution in [0.1, 0.15) is 40.0 Å². The van der Waals surface area contributed by atoms with Crippen LogP contribution < -0.4 is 15.9 Å². The molecule has 4 rings (SSSR count). The lowest BCUT2D eigenvalue weighted by Crippen LogP contribution is -2.47. The average Bonchev–Trinajstić information content (AvgIpc) is 3.24. The zero-order valence-corrected chi connectivity index (χ0v) is 18.6. The number of rotatable bonds is 7. The molecule has 31 heavy (non-hydrogen) atoms. The molecular weight excluding hydrogens is 424 g/mol. The highest BCUT2D eigenvalue weighted by Gasteiger charge is 2.61. The maximum absolute atomic E-state index is 12.6. The van der Waals surface area contributed by atoms with Gasteiger partial charge in [0.25, 0.3) is 0 Å². The van der Waals surface area contributed by atoms with Crippen LogP contribution in [-0.2, 0) is 4.79 Å². The fourth-order valence-electron chi connectivity index (χ4n) is 5.15. The van der Waals surface area contributed by atoms with Crippen LogP contribution in [-0.4, -0.2) is 39.2 Å². The van der Waals surface area contributed by atoms with E-state index in [-0.39, 0.29) is 34.3 Å². The molecular formula is C21H27F2N5O2S. The number of alkyl halides is 2. The van der Waals surface area contributed by atoms with Gasteiger partial charge in [-0.2, -0.15) is 8.78 Å². The maximum atomic E-state index is 12.6. The molecule has 2 fully saturated rings. The number of nitrogens with zero attached hydrogens (tertiary/aromatic N) is 3. The van der Waals surface area contributed by atoms with E-state index in [2.05, 4.69) is 41.0 Å². The number of fused-ring (bicyclic) bond motifs is 2. The Hall–Kier alpha value is -2.36. The SMILES string of the molecule is CC1(C)C2CCC1(C)C(NC(=O)CSc1nnc(-c3ccc(OC(F)F)cc3)n1N)C2. The number of ether oxygens (including phenoxy) is 1. The first-order valence-electron chi connectivity index (χ1n) is 10.3. The Labute approximate surface area is 184 Å². The number of aromatic nitrogens is 3. The Morgan fingerprint density at radius 3 is 2.61 bits per heavy atom. The molecule has 7 nitrogen and oxygen atoms in total. The van der Waals surface area contributed by atoms with Crippen LogP contribution in [0.4, 0.5) is 8.78 Å². The summed E-state index contributed by atoms with van der Waals surface area (Å²) in [6, 6.07) is 6.16. The molecule has 2 aliphatic rings. The molecule has 3 N–H and O–H groups in total. The zero-order valence-electron chi connectivity index (χ0n) is 17.8. The normalized spacial score (nSPS) is 26.4. The molecule has 3 atom stereocenters. The third-order valence-electron chi connectivity index (χ3n) is 7.46. The van der Waals surface area contributed by atoms with Crippen molar-refractivity contribution in [3.63, 3.8) is 0 Å². The number of nitrogens with one attached hydrogen (secondary N) is 1. The molecule has 2 aromatic rings. The highest BCUT2D eigenvalue weighted by molar-refractivity contribution is 7.99. The standard InChI is InChI=1S/C21H27F2N5O2S/c1-20(2)13-8-9-21(20,3)15(10-13)25-16(29)11-31-19-27-26-17(28(19)24)12-4-6-14(7-5-12)30-18(22)23/h4-7,13,15,18H,8-11,24H2,1-3H3,(H,25,29). The summed E-state index contributed by atoms with van der Waals surface area (Å²) in [4.78, 5) is 12.6. The second-order valence-electron chi connectivity index (χ2n) is 9.10. The zero-order chi connectivity index (χ0) is 22.4. The van der Waals surface area contributed by atoms with Gasteiger partial charge in [0.2, 0.25) is 11.1 Å². The summed E-state index contributed by atoms with van der Waals surface area (Å²) in [7, 11) is 0. The number of hydrogen-bond acceptors (Lipinski definition) is 6. The molecule has 2 aliphatic carbocycles. The summed E-state index contributed by atoms with van der Waals surface area (Å²) in [6.45, 7) is 4.04. The molecule has 1 aromatic carbocycles. The lowest BCUT2D eigenvalue weighted by atomic mass is 9.69. The monoisotopic (exact) mass is 451 g/mol. The number of benzene rings is 1. The molecule has 0 spiro atoms. The summed E-state index contributed by atoms with van der Waals surface area (Å²) in [6.07, 6.45) is 3.41. The van der Waals surface area contributed by atoms with Crippen LogP contribution in [0.3, 0.4) is 0 Å². The fourth-order valence-corrected chi connectivity index (χ4v) is 5.81. The van der Waals surface area contributed by atoms with Gasteiger partial charge in [-0.3, -0.25) is 4.79 Å². The van der Waals surface area contributed by atoms with Gasteiger partial charge in [-0.1, -0.05) is 32.5 Å². The minimum absolute atomic E-state index is 0.0439. The van der Waals surface area contributed by atoms with Gasteiger partial charge >= 0.3 is 6.61 Å². The Kier molecular flexibility index (Phi) is 5.61. The van der Waals surface area contributed by atoms with Crippen LogP contribution in [0.2, 0.25) is 0 Å². The summed E-state index contributed by atoms with van der Waals surface area (Å²) >= 11 is 1.21. The topological polar surface area (TPSA) is 95.1 Å². The molecule has 168 valence electrons. The molecule has 2 bridgehead atoms. The third kappa shape index (κ3) is 3.86. The van der Waals surface area contributed by atoms with E-state index in [1.54, 1.807) is 12.1 Å². The van der Waals surface area contributed by atoms with Crippen molar-refractivity contribution in [1.82, 2.24) is 20.2 Å². The van der Waals surface area contributed by atoms with Gasteiger partial charge in [-0.15, -0.1) is 10.2 Å². The third-order valence-corrected chi connectivity index (χ3v) is 8.41. The molecule has 1 heterocycles. The van der Waals surface area contributed by atoms with Gasteiger partial charge in [0.05, 0.1) is 5.75 Å². The molecule has 1 aromatic heterocycles. The molecule has 1 amide bonds. The van der Waals surface area contributed by atoms with Crippen molar-refractivity contribution in [1.29, 1.82) is 0 Å². The van der Waals surface area contributed by atoms with Gasteiger partial charge in [0.1, 0.15) is 5.75 Å². The quantitative estimate of drug-likeness (QED) is 0.493. The second kappa shape index (κ2) is 7.96. The average molecular weight is 452 g/mol. The van der Waals surface area contributed by atoms with Crippen molar-refractivity contribution in [2.24, 2.45) is 16.7 Å². The second-order valence-corrected chi connectivity index (χ2v) is 10.0. The predicted molar refractivity (Wildman–Crippen MR) is 114 cm³/mol. The van der Waals surface area contributed by atoms with Crippen molar-refractivity contribution >= 4 is 17.7 Å². The maximum Gasteiger partial charge on any atom is 0.387 e. The van der Waals surface area contributed by atoms with Crippen molar-refractivity contribution < 1.29 is 18.3 Å². The molecule has 3 unspecified atom stereocenters. The van der Waals surface area contributed by atoms with E-state index in [4.69, 9.17) is 5.84 Å². The summed E-state index contributed by atoms with van der Waals surface area (Å²) < 4.78 is 30.2. The van der Waals surface area contributed by atoms with Crippen LogP contribution in [0.5, 0.6) is 5.75 Å². The Bertz CT molecular complexity index is 965. The predicted octanol–water partition coefficient (Wildman–Crippen LogP) is 3.68. The summed E-state index contributed by atoms with van der Waals surface area (Å²) in [5.74, 6) is 7.31. The lowest BCUT2D eigenvalue weighted by molar-refractivity contribution is -0.120. The first-order valence-corrected chi connectivity index (χ1v) is 11.3. The van der Waals surface area contributed by atoms with Crippen LogP contribution in [0.15, 0.2) is 29.4 Å². The molecule has 2 saturated carbocycles. The number of carbonyl (C=O) groups is 1. The molecule has 0 saturated heterocycles. The molecule has 0 radical (unpaired) electrons. The number of nitrogens with two attached hydrogens (primary N) is 1. The largest absolute Gasteiger partial charge is 0.435 e. The van der Waals surface area contributed by atoms with E-state index in [1.165, 1.54) is 35.0 Å². The Morgan fingerprint density at radius 1 is 1.32 bits per heavy atom. The highest BCUT2D eigenvalue weighted by Crippen LogP contribution is 2.65. The van der Waals surface area contributed by atoms with E-state index in [0.29, 0.717) is 22.5 Å². The van der Waals surface area contributed by atoms with Crippen molar-refractivity contribution in [2.75, 3.05) is 11.6 Å². The molecule has 0 aliphatic heterocycles. The number of thioether (sulfide) groups is 1. The van der Waals surface area contributed by atoms with E-state index in [0.717, 1.165) is 12.8 Å². The summed E-state index contributed by atoms with van der Waals surface area (Å²) in [5.41, 5.74) is 0.963. The van der Waals surface area contributed by atoms with E-state index < -0.39 is 6.61 Å². The van der Waals surface area contributed by atoms with Crippen LogP contribution >= 0.6 is 11.8 Å². The number of halogens is 2. The summed E-state index contributed by atoms with van der Waals surface area (Å²) in [5, 5.41) is 11.8. The number of hydrogen-bond donors (Lipinski definition) is 2. The van der Waals surface area contributed by atoms with Gasteiger partial charge in [-0.05, 0) is 60.3 Å². The smallest absolute Gasteiger partial charge is 0.387 e. The van der Waals surface area contributed by atoms with Gasteiger partial charge in [-0.25, -0.2) is 4.68 Å². The van der Waals surface area contributed by atoms with Crippen molar-refractivity contribution in [3.05, 3.63) is 24.3 Å². The van der Waals surface area contributed by atoms with Crippen LogP contribution in [0.25, 0.3) is 11.4 Å². The van der Waals surface area contributed by atoms with E-state index in [1.807, 2.05) is 0 Å². The van der Waals surface area contributed by atoms with Gasteiger partial charge in [0, 0.05) is 11.6 Å². The number of carbonyl (C=O) groups excluding carboxylic acids is 1. The van der Waals surface area contributed by atoms with Crippen molar-refractivity contribution in [2.45, 2.75) is 57.8 Å². The van der Waals surface area contributed by atoms with Gasteiger partial charge < -0.3 is 15.9 Å². The van der Waals surface area contributed by atoms with Crippen LogP contribution in [0, 0.1) is 16.7 Å². The Morgan fingerprint density at radius 2 is 2.03 bits per heavy atom. The van der Waals surface area contributed by atoms with Gasteiger partial charge in [0.15, 0.2) is 5.82 Å².